The molecule has 0 fully saturated rings. The standard InChI is InChI=1S/C13H19ClN2O4S/c1-4-16(9(2)8-20-3)13(17)10-5-6-11(14)12(7-10)21(15,18)19/h5-7,9H,4,8H2,1-3H3,(H2,15,18,19). The molecule has 1 aromatic rings. The lowest BCUT2D eigenvalue weighted by Crippen LogP contribution is -2.41. The van der Waals surface area contributed by atoms with Gasteiger partial charge in [0.25, 0.3) is 5.91 Å². The van der Waals surface area contributed by atoms with Gasteiger partial charge in [0.1, 0.15) is 4.90 Å². The van der Waals surface area contributed by atoms with Crippen molar-refractivity contribution in [1.82, 2.24) is 4.90 Å². The van der Waals surface area contributed by atoms with E-state index >= 15 is 0 Å². The van der Waals surface area contributed by atoms with E-state index in [1.54, 1.807) is 12.0 Å². The quantitative estimate of drug-likeness (QED) is 0.853. The molecule has 0 aliphatic rings. The molecule has 6 nitrogen and oxygen atoms in total. The van der Waals surface area contributed by atoms with Crippen LogP contribution in [0, 0.1) is 0 Å². The fourth-order valence-corrected chi connectivity index (χ4v) is 3.08. The third-order valence-corrected chi connectivity index (χ3v) is 4.42. The lowest BCUT2D eigenvalue weighted by molar-refractivity contribution is 0.0579. The number of likely N-dealkylation sites (N-methyl/N-ethyl adjacent to an activating group) is 1. The molecule has 0 radical (unpaired) electrons. The third-order valence-electron chi connectivity index (χ3n) is 3.03. The Morgan fingerprint density at radius 2 is 2.10 bits per heavy atom. The Labute approximate surface area is 129 Å². The summed E-state index contributed by atoms with van der Waals surface area (Å²) in [5.41, 5.74) is 0.216. The van der Waals surface area contributed by atoms with Gasteiger partial charge in [0, 0.05) is 19.2 Å². The van der Waals surface area contributed by atoms with Gasteiger partial charge in [0.2, 0.25) is 10.0 Å². The molecule has 0 bridgehead atoms. The Kier molecular flexibility index (Phi) is 6.15. The van der Waals surface area contributed by atoms with Gasteiger partial charge in [-0.05, 0) is 32.0 Å². The molecule has 1 rings (SSSR count). The fraction of sp³-hybridized carbons (Fsp3) is 0.462. The monoisotopic (exact) mass is 334 g/mol. The maximum absolute atomic E-state index is 12.5. The second-order valence-electron chi connectivity index (χ2n) is 4.59. The Hall–Kier alpha value is -1.15. The van der Waals surface area contributed by atoms with Gasteiger partial charge in [-0.15, -0.1) is 0 Å². The van der Waals surface area contributed by atoms with Gasteiger partial charge in [-0.1, -0.05) is 11.6 Å². The summed E-state index contributed by atoms with van der Waals surface area (Å²) in [6.07, 6.45) is 0. The van der Waals surface area contributed by atoms with E-state index < -0.39 is 10.0 Å². The first-order chi connectivity index (χ1) is 9.72. The molecule has 8 heteroatoms. The largest absolute Gasteiger partial charge is 0.383 e. The molecule has 0 saturated heterocycles. The van der Waals surface area contributed by atoms with Gasteiger partial charge in [-0.3, -0.25) is 4.79 Å². The summed E-state index contributed by atoms with van der Waals surface area (Å²) in [5, 5.41) is 5.07. The molecule has 2 N–H and O–H groups in total. The van der Waals surface area contributed by atoms with Crippen LogP contribution in [0.4, 0.5) is 0 Å². The number of hydrogen-bond donors (Lipinski definition) is 1. The molecule has 1 aromatic carbocycles. The number of halogens is 1. The number of hydrogen-bond acceptors (Lipinski definition) is 4. The summed E-state index contributed by atoms with van der Waals surface area (Å²) in [5.74, 6) is -0.302. The lowest BCUT2D eigenvalue weighted by Gasteiger charge is -2.27. The highest BCUT2D eigenvalue weighted by Gasteiger charge is 2.22. The van der Waals surface area contributed by atoms with Crippen LogP contribution in [-0.4, -0.2) is 45.5 Å². The Balaban J connectivity index is 3.18. The smallest absolute Gasteiger partial charge is 0.254 e. The predicted octanol–water partition coefficient (Wildman–Crippen LogP) is 1.48. The average Bonchev–Trinajstić information content (AvgIpc) is 2.38. The first kappa shape index (κ1) is 17.9. The molecule has 21 heavy (non-hydrogen) atoms. The van der Waals surface area contributed by atoms with E-state index in [1.807, 2.05) is 13.8 Å². The van der Waals surface area contributed by atoms with Gasteiger partial charge >= 0.3 is 0 Å². The molecule has 0 aliphatic carbocycles. The minimum absolute atomic E-state index is 0.0120. The van der Waals surface area contributed by atoms with Crippen LogP contribution in [0.15, 0.2) is 23.1 Å². The summed E-state index contributed by atoms with van der Waals surface area (Å²) in [7, 11) is -2.43. The van der Waals surface area contributed by atoms with E-state index in [2.05, 4.69) is 0 Å². The fourth-order valence-electron chi connectivity index (χ4n) is 2.01. The number of primary sulfonamides is 1. The summed E-state index contributed by atoms with van der Waals surface area (Å²) in [6.45, 7) is 4.54. The van der Waals surface area contributed by atoms with Crippen molar-refractivity contribution in [2.75, 3.05) is 20.3 Å². The Bertz CT molecular complexity index is 619. The highest BCUT2D eigenvalue weighted by molar-refractivity contribution is 7.89. The van der Waals surface area contributed by atoms with Crippen LogP contribution in [-0.2, 0) is 14.8 Å². The second kappa shape index (κ2) is 7.22. The number of amides is 1. The number of sulfonamides is 1. The van der Waals surface area contributed by atoms with Crippen LogP contribution in [0.1, 0.15) is 24.2 Å². The van der Waals surface area contributed by atoms with Gasteiger partial charge in [-0.2, -0.15) is 0 Å². The second-order valence-corrected chi connectivity index (χ2v) is 6.52. The van der Waals surface area contributed by atoms with E-state index in [0.29, 0.717) is 13.2 Å². The molecule has 1 unspecified atom stereocenters. The maximum Gasteiger partial charge on any atom is 0.254 e. The van der Waals surface area contributed by atoms with E-state index in [1.165, 1.54) is 18.2 Å². The number of ether oxygens (including phenoxy) is 1. The number of carbonyl (C=O) groups is 1. The number of carbonyl (C=O) groups excluding carboxylic acids is 1. The molecule has 0 heterocycles. The topological polar surface area (TPSA) is 89.7 Å². The number of nitrogens with zero attached hydrogens (tertiary/aromatic N) is 1. The van der Waals surface area contributed by atoms with Crippen molar-refractivity contribution in [3.8, 4) is 0 Å². The molecule has 0 aromatic heterocycles. The van der Waals surface area contributed by atoms with Crippen LogP contribution in [0.25, 0.3) is 0 Å². The van der Waals surface area contributed by atoms with Crippen molar-refractivity contribution in [3.05, 3.63) is 28.8 Å². The van der Waals surface area contributed by atoms with Crippen LogP contribution in [0.2, 0.25) is 5.02 Å². The van der Waals surface area contributed by atoms with Crippen LogP contribution < -0.4 is 5.14 Å². The van der Waals surface area contributed by atoms with Crippen molar-refractivity contribution < 1.29 is 17.9 Å². The molecule has 1 amide bonds. The molecule has 0 spiro atoms. The van der Waals surface area contributed by atoms with E-state index in [4.69, 9.17) is 21.5 Å². The number of rotatable bonds is 6. The van der Waals surface area contributed by atoms with E-state index in [0.717, 1.165) is 0 Å². The molecule has 0 saturated carbocycles. The van der Waals surface area contributed by atoms with Crippen LogP contribution >= 0.6 is 11.6 Å². The van der Waals surface area contributed by atoms with E-state index in [9.17, 15) is 13.2 Å². The first-order valence-electron chi connectivity index (χ1n) is 6.34. The van der Waals surface area contributed by atoms with Crippen molar-refractivity contribution in [3.63, 3.8) is 0 Å². The Morgan fingerprint density at radius 3 is 2.57 bits per heavy atom. The number of methoxy groups -OCH3 is 1. The molecule has 118 valence electrons. The summed E-state index contributed by atoms with van der Waals surface area (Å²) in [6, 6.07) is 3.88. The summed E-state index contributed by atoms with van der Waals surface area (Å²) in [4.78, 5) is 13.8. The van der Waals surface area contributed by atoms with Crippen LogP contribution in [0.5, 0.6) is 0 Å². The molecule has 0 aliphatic heterocycles. The molecular formula is C13H19ClN2O4S. The normalized spacial score (nSPS) is 13.0. The lowest BCUT2D eigenvalue weighted by atomic mass is 10.1. The highest BCUT2D eigenvalue weighted by atomic mass is 35.5. The zero-order chi connectivity index (χ0) is 16.2. The van der Waals surface area contributed by atoms with Gasteiger partial charge in [0.15, 0.2) is 0 Å². The van der Waals surface area contributed by atoms with Crippen molar-refractivity contribution in [1.29, 1.82) is 0 Å². The summed E-state index contributed by atoms with van der Waals surface area (Å²) < 4.78 is 27.9. The van der Waals surface area contributed by atoms with Gasteiger partial charge in [-0.25, -0.2) is 13.6 Å². The Morgan fingerprint density at radius 1 is 1.48 bits per heavy atom. The average molecular weight is 335 g/mol. The minimum atomic E-state index is -3.98. The van der Waals surface area contributed by atoms with Gasteiger partial charge < -0.3 is 9.64 Å². The van der Waals surface area contributed by atoms with E-state index in [-0.39, 0.29) is 27.4 Å². The van der Waals surface area contributed by atoms with Crippen LogP contribution in [0.3, 0.4) is 0 Å². The molecular weight excluding hydrogens is 316 g/mol. The zero-order valence-electron chi connectivity index (χ0n) is 12.2. The third kappa shape index (κ3) is 4.41. The van der Waals surface area contributed by atoms with Gasteiger partial charge in [0.05, 0.1) is 17.7 Å². The van der Waals surface area contributed by atoms with Crippen molar-refractivity contribution in [2.45, 2.75) is 24.8 Å². The number of nitrogens with two attached hydrogens (primary N) is 1. The highest BCUT2D eigenvalue weighted by Crippen LogP contribution is 2.22. The molecule has 1 atom stereocenters. The number of benzene rings is 1. The zero-order valence-corrected chi connectivity index (χ0v) is 13.7. The SMILES string of the molecule is CCN(C(=O)c1ccc(Cl)c(S(N)(=O)=O)c1)C(C)COC. The minimum Gasteiger partial charge on any atom is -0.383 e. The first-order valence-corrected chi connectivity index (χ1v) is 8.27. The van der Waals surface area contributed by atoms with Crippen molar-refractivity contribution >= 4 is 27.5 Å². The van der Waals surface area contributed by atoms with Crippen molar-refractivity contribution in [2.24, 2.45) is 5.14 Å². The predicted molar refractivity (Wildman–Crippen MR) is 80.9 cm³/mol. The summed E-state index contributed by atoms with van der Waals surface area (Å²) >= 11 is 5.81. The maximum atomic E-state index is 12.5.